The predicted octanol–water partition coefficient (Wildman–Crippen LogP) is 5.67. The summed E-state index contributed by atoms with van der Waals surface area (Å²) in [6.07, 6.45) is 0. The normalized spacial score (nSPS) is 14.3. The number of methoxy groups -OCH3 is 2. The smallest absolute Gasteiger partial charge is 0.432 e. The van der Waals surface area contributed by atoms with Crippen molar-refractivity contribution < 1.29 is 23.4 Å². The van der Waals surface area contributed by atoms with Crippen molar-refractivity contribution in [1.29, 1.82) is 0 Å². The van der Waals surface area contributed by atoms with Gasteiger partial charge in [-0.2, -0.15) is 0 Å². The summed E-state index contributed by atoms with van der Waals surface area (Å²) >= 11 is 5.25. The fourth-order valence-corrected chi connectivity index (χ4v) is 5.07. The minimum atomic E-state index is -3.52. The van der Waals surface area contributed by atoms with Crippen LogP contribution in [-0.4, -0.2) is 19.1 Å². The molecule has 0 saturated heterocycles. The second-order valence-corrected chi connectivity index (χ2v) is 9.39. The quantitative estimate of drug-likeness (QED) is 0.419. The van der Waals surface area contributed by atoms with Gasteiger partial charge in [0.15, 0.2) is 0 Å². The Morgan fingerprint density at radius 2 is 1.14 bits per heavy atom. The minimum Gasteiger partial charge on any atom is -0.497 e. The number of hydrogen-bond donors (Lipinski definition) is 1. The summed E-state index contributed by atoms with van der Waals surface area (Å²) in [7, 11) is 3.26. The van der Waals surface area contributed by atoms with Gasteiger partial charge in [0, 0.05) is 22.9 Å². The molecule has 4 aromatic carbocycles. The van der Waals surface area contributed by atoms with Crippen LogP contribution in [0.2, 0.25) is 0 Å². The standard InChI is InChI=1S/C22H17O5PS/c1-24-15-7-3-13-5-9-19-21(17(13)11-15)22-18-12-16(25-2)8-4-14(18)6-10-20(22)27-28(23,29)26-19/h3-12H,1-2H3,(H,23,29). The van der Waals surface area contributed by atoms with E-state index in [4.69, 9.17) is 30.3 Å². The van der Waals surface area contributed by atoms with Crippen molar-refractivity contribution in [3.63, 3.8) is 0 Å². The zero-order valence-electron chi connectivity index (χ0n) is 15.7. The number of ether oxygens (including phenoxy) is 2. The van der Waals surface area contributed by atoms with E-state index in [1.165, 1.54) is 0 Å². The highest BCUT2D eigenvalue weighted by atomic mass is 32.5. The molecule has 0 aliphatic carbocycles. The van der Waals surface area contributed by atoms with Gasteiger partial charge in [-0.1, -0.05) is 24.3 Å². The van der Waals surface area contributed by atoms with Crippen molar-refractivity contribution in [1.82, 2.24) is 0 Å². The van der Waals surface area contributed by atoms with Gasteiger partial charge in [0.1, 0.15) is 23.0 Å². The third-order valence-electron chi connectivity index (χ3n) is 5.06. The first-order valence-electron chi connectivity index (χ1n) is 8.93. The summed E-state index contributed by atoms with van der Waals surface area (Å²) in [5.41, 5.74) is 1.60. The van der Waals surface area contributed by atoms with Crippen molar-refractivity contribution >= 4 is 40.1 Å². The van der Waals surface area contributed by atoms with E-state index in [9.17, 15) is 4.89 Å². The molecule has 0 unspecified atom stereocenters. The van der Waals surface area contributed by atoms with Crippen LogP contribution < -0.4 is 18.5 Å². The lowest BCUT2D eigenvalue weighted by molar-refractivity contribution is 0.383. The van der Waals surface area contributed by atoms with Gasteiger partial charge < -0.3 is 23.4 Å². The van der Waals surface area contributed by atoms with Gasteiger partial charge in [0.25, 0.3) is 0 Å². The Bertz CT molecular complexity index is 1230. The van der Waals surface area contributed by atoms with E-state index < -0.39 is 6.72 Å². The average molecular weight is 424 g/mol. The molecule has 29 heavy (non-hydrogen) atoms. The van der Waals surface area contributed by atoms with Gasteiger partial charge in [0.2, 0.25) is 0 Å². The Balaban J connectivity index is 1.98. The molecule has 1 heterocycles. The van der Waals surface area contributed by atoms with Gasteiger partial charge in [-0.05, 0) is 57.9 Å². The van der Waals surface area contributed by atoms with Crippen LogP contribution in [-0.2, 0) is 11.8 Å². The fourth-order valence-electron chi connectivity index (χ4n) is 3.75. The van der Waals surface area contributed by atoms with Crippen molar-refractivity contribution in [2.24, 2.45) is 0 Å². The van der Waals surface area contributed by atoms with Crippen LogP contribution in [0.5, 0.6) is 23.0 Å². The van der Waals surface area contributed by atoms with E-state index in [0.29, 0.717) is 11.5 Å². The highest BCUT2D eigenvalue weighted by Crippen LogP contribution is 2.57. The number of benzene rings is 4. The van der Waals surface area contributed by atoms with Crippen molar-refractivity contribution in [2.75, 3.05) is 14.2 Å². The van der Waals surface area contributed by atoms with Crippen LogP contribution in [0.1, 0.15) is 0 Å². The Hall–Kier alpha value is -2.79. The van der Waals surface area contributed by atoms with Gasteiger partial charge in [-0.3, -0.25) is 0 Å². The first-order chi connectivity index (χ1) is 14.0. The molecule has 4 aromatic rings. The lowest BCUT2D eigenvalue weighted by Gasteiger charge is -2.15. The minimum absolute atomic E-state index is 0.477. The molecule has 0 bridgehead atoms. The van der Waals surface area contributed by atoms with Crippen molar-refractivity contribution in [3.05, 3.63) is 60.7 Å². The summed E-state index contributed by atoms with van der Waals surface area (Å²) in [6.45, 7) is -3.52. The van der Waals surface area contributed by atoms with Crippen LogP contribution in [0.15, 0.2) is 60.7 Å². The molecule has 0 spiro atoms. The maximum atomic E-state index is 10.6. The second kappa shape index (κ2) is 6.63. The highest BCUT2D eigenvalue weighted by molar-refractivity contribution is 8.07. The zero-order valence-corrected chi connectivity index (χ0v) is 17.4. The van der Waals surface area contributed by atoms with Gasteiger partial charge in [-0.25, -0.2) is 0 Å². The molecule has 0 amide bonds. The van der Waals surface area contributed by atoms with Crippen LogP contribution >= 0.6 is 6.72 Å². The lowest BCUT2D eigenvalue weighted by atomic mass is 9.92. The third kappa shape index (κ3) is 3.01. The second-order valence-electron chi connectivity index (χ2n) is 6.70. The molecule has 0 aromatic heterocycles. The molecule has 5 rings (SSSR count). The number of hydrogen-bond acceptors (Lipinski definition) is 5. The highest BCUT2D eigenvalue weighted by Gasteiger charge is 2.30. The molecule has 1 aliphatic rings. The van der Waals surface area contributed by atoms with Crippen LogP contribution in [0.4, 0.5) is 0 Å². The summed E-state index contributed by atoms with van der Waals surface area (Å²) in [6, 6.07) is 19.2. The molecular weight excluding hydrogens is 407 g/mol. The third-order valence-corrected chi connectivity index (χ3v) is 6.36. The van der Waals surface area contributed by atoms with E-state index >= 15 is 0 Å². The zero-order chi connectivity index (χ0) is 20.2. The number of rotatable bonds is 2. The van der Waals surface area contributed by atoms with E-state index in [1.54, 1.807) is 14.2 Å². The lowest BCUT2D eigenvalue weighted by Crippen LogP contribution is -1.97. The molecule has 1 N–H and O–H groups in total. The van der Waals surface area contributed by atoms with E-state index in [-0.39, 0.29) is 0 Å². The van der Waals surface area contributed by atoms with Crippen LogP contribution in [0, 0.1) is 0 Å². The summed E-state index contributed by atoms with van der Waals surface area (Å²) < 4.78 is 22.5. The molecular formula is C22H17O5PS. The first kappa shape index (κ1) is 18.3. The van der Waals surface area contributed by atoms with E-state index in [2.05, 4.69) is 0 Å². The van der Waals surface area contributed by atoms with Crippen LogP contribution in [0.3, 0.4) is 0 Å². The maximum Gasteiger partial charge on any atom is 0.432 e. The molecule has 0 fully saturated rings. The van der Waals surface area contributed by atoms with Crippen molar-refractivity contribution in [2.45, 2.75) is 0 Å². The Morgan fingerprint density at radius 3 is 1.55 bits per heavy atom. The topological polar surface area (TPSA) is 57.2 Å². The monoisotopic (exact) mass is 424 g/mol. The Morgan fingerprint density at radius 1 is 0.724 bits per heavy atom. The van der Waals surface area contributed by atoms with E-state index in [0.717, 1.165) is 44.2 Å². The summed E-state index contributed by atoms with van der Waals surface area (Å²) in [4.78, 5) is 10.6. The summed E-state index contributed by atoms with van der Waals surface area (Å²) in [5.74, 6) is 2.40. The average Bonchev–Trinajstić information content (AvgIpc) is 2.85. The predicted molar refractivity (Wildman–Crippen MR) is 118 cm³/mol. The molecule has 146 valence electrons. The first-order valence-corrected chi connectivity index (χ1v) is 11.5. The van der Waals surface area contributed by atoms with Gasteiger partial charge in [-0.15, -0.1) is 0 Å². The largest absolute Gasteiger partial charge is 0.497 e. The SMILES string of the molecule is COc1ccc2ccc3c(c2c1)-c1c(ccc2ccc(OC)cc12)OP(O)(=S)O3. The molecule has 0 saturated carbocycles. The van der Waals surface area contributed by atoms with Gasteiger partial charge >= 0.3 is 6.72 Å². The van der Waals surface area contributed by atoms with Crippen molar-refractivity contribution in [3.8, 4) is 34.1 Å². The fraction of sp³-hybridized carbons (Fsp3) is 0.0909. The molecule has 0 radical (unpaired) electrons. The van der Waals surface area contributed by atoms with Crippen LogP contribution in [0.25, 0.3) is 32.7 Å². The van der Waals surface area contributed by atoms with E-state index in [1.807, 2.05) is 60.7 Å². The molecule has 7 heteroatoms. The van der Waals surface area contributed by atoms with Gasteiger partial charge in [0.05, 0.1) is 14.2 Å². The maximum absolute atomic E-state index is 10.6. The number of fused-ring (bicyclic) bond motifs is 7. The molecule has 0 atom stereocenters. The summed E-state index contributed by atoms with van der Waals surface area (Å²) in [5, 5.41) is 3.84. The molecule has 1 aliphatic heterocycles. The Kier molecular flexibility index (Phi) is 4.17. The molecule has 5 nitrogen and oxygen atoms in total. The Labute approximate surface area is 172 Å².